The van der Waals surface area contributed by atoms with Gasteiger partial charge >= 0.3 is 0 Å². The summed E-state index contributed by atoms with van der Waals surface area (Å²) in [6.07, 6.45) is 0. The SMILES string of the molecule is COc1cc2nc(N(CCN(C)C)C(=O)c3cccc4ccccc34)sc2cc1OC.Cl. The van der Waals surface area contributed by atoms with Crippen molar-refractivity contribution in [3.63, 3.8) is 0 Å². The van der Waals surface area contributed by atoms with Crippen molar-refractivity contribution in [2.24, 2.45) is 0 Å². The lowest BCUT2D eigenvalue weighted by molar-refractivity contribution is 0.0987. The maximum atomic E-state index is 13.7. The molecule has 4 aromatic rings. The van der Waals surface area contributed by atoms with Crippen LogP contribution in [0.5, 0.6) is 11.5 Å². The van der Waals surface area contributed by atoms with E-state index in [0.717, 1.165) is 27.5 Å². The number of carbonyl (C=O) groups is 1. The Morgan fingerprint density at radius 3 is 2.38 bits per heavy atom. The van der Waals surface area contributed by atoms with Gasteiger partial charge in [0.05, 0.1) is 24.4 Å². The number of hydrogen-bond donors (Lipinski definition) is 0. The van der Waals surface area contributed by atoms with E-state index in [4.69, 9.17) is 14.5 Å². The fourth-order valence-electron chi connectivity index (χ4n) is 3.50. The molecule has 4 rings (SSSR count). The number of thiazole rings is 1. The van der Waals surface area contributed by atoms with Crippen LogP contribution in [0.2, 0.25) is 0 Å². The summed E-state index contributed by atoms with van der Waals surface area (Å²) >= 11 is 1.47. The van der Waals surface area contributed by atoms with Gasteiger partial charge in [-0.05, 0) is 30.9 Å². The van der Waals surface area contributed by atoms with Crippen LogP contribution in [0, 0.1) is 0 Å². The first-order valence-corrected chi connectivity index (χ1v) is 10.8. The second-order valence-electron chi connectivity index (χ2n) is 7.46. The highest BCUT2D eigenvalue weighted by Gasteiger charge is 2.23. The Morgan fingerprint density at radius 1 is 0.969 bits per heavy atom. The number of fused-ring (bicyclic) bond motifs is 2. The molecule has 1 heterocycles. The van der Waals surface area contributed by atoms with Gasteiger partial charge in [0, 0.05) is 30.8 Å². The Morgan fingerprint density at radius 2 is 1.66 bits per heavy atom. The van der Waals surface area contributed by atoms with E-state index in [0.29, 0.717) is 28.7 Å². The molecule has 1 aromatic heterocycles. The van der Waals surface area contributed by atoms with Crippen molar-refractivity contribution in [2.75, 3.05) is 46.3 Å². The fraction of sp³-hybridized carbons (Fsp3) is 0.250. The van der Waals surface area contributed by atoms with Gasteiger partial charge in [-0.1, -0.05) is 47.7 Å². The standard InChI is InChI=1S/C24H25N3O3S.ClH/c1-26(2)12-13-27(23(28)18-11-7-9-16-8-5-6-10-17(16)18)24-25-19-14-20(29-3)21(30-4)15-22(19)31-24;/h5-11,14-15H,12-13H2,1-4H3;1H. The molecular formula is C24H26ClN3O3S. The molecule has 0 saturated heterocycles. The van der Waals surface area contributed by atoms with Crippen molar-refractivity contribution in [2.45, 2.75) is 0 Å². The van der Waals surface area contributed by atoms with Crippen LogP contribution in [0.1, 0.15) is 10.4 Å². The molecule has 0 atom stereocenters. The van der Waals surface area contributed by atoms with Gasteiger partial charge in [0.25, 0.3) is 5.91 Å². The van der Waals surface area contributed by atoms with Crippen molar-refractivity contribution in [1.29, 1.82) is 0 Å². The molecule has 6 nitrogen and oxygen atoms in total. The average molecular weight is 472 g/mol. The van der Waals surface area contributed by atoms with Gasteiger partial charge in [-0.2, -0.15) is 0 Å². The summed E-state index contributed by atoms with van der Waals surface area (Å²) in [5.74, 6) is 1.20. The number of carbonyl (C=O) groups excluding carboxylic acids is 1. The molecule has 0 aliphatic carbocycles. The minimum absolute atomic E-state index is 0. The van der Waals surface area contributed by atoms with E-state index in [9.17, 15) is 4.79 Å². The molecule has 168 valence electrons. The molecule has 0 bridgehead atoms. The van der Waals surface area contributed by atoms with Gasteiger partial charge in [0.15, 0.2) is 16.6 Å². The first kappa shape index (κ1) is 23.8. The molecule has 0 N–H and O–H groups in total. The molecule has 0 unspecified atom stereocenters. The van der Waals surface area contributed by atoms with Crippen LogP contribution in [-0.4, -0.2) is 57.2 Å². The van der Waals surface area contributed by atoms with Crippen molar-refractivity contribution in [1.82, 2.24) is 9.88 Å². The molecule has 1 amide bonds. The number of rotatable bonds is 7. The molecule has 32 heavy (non-hydrogen) atoms. The number of nitrogens with zero attached hydrogens (tertiary/aromatic N) is 3. The number of hydrogen-bond acceptors (Lipinski definition) is 6. The molecule has 3 aromatic carbocycles. The number of ether oxygens (including phenoxy) is 2. The molecule has 8 heteroatoms. The highest BCUT2D eigenvalue weighted by Crippen LogP contribution is 2.37. The van der Waals surface area contributed by atoms with Crippen LogP contribution < -0.4 is 14.4 Å². The van der Waals surface area contributed by atoms with Crippen molar-refractivity contribution in [3.8, 4) is 11.5 Å². The van der Waals surface area contributed by atoms with Crippen LogP contribution in [0.15, 0.2) is 54.6 Å². The summed E-state index contributed by atoms with van der Waals surface area (Å²) in [4.78, 5) is 22.3. The summed E-state index contributed by atoms with van der Waals surface area (Å²) < 4.78 is 11.8. The average Bonchev–Trinajstić information content (AvgIpc) is 3.19. The molecule has 0 aliphatic rings. The Kier molecular flexibility index (Phi) is 7.56. The van der Waals surface area contributed by atoms with Gasteiger partial charge in [-0.25, -0.2) is 4.98 Å². The highest BCUT2D eigenvalue weighted by molar-refractivity contribution is 7.22. The van der Waals surface area contributed by atoms with Crippen molar-refractivity contribution in [3.05, 3.63) is 60.2 Å². The fourth-order valence-corrected chi connectivity index (χ4v) is 4.50. The van der Waals surface area contributed by atoms with Crippen molar-refractivity contribution < 1.29 is 14.3 Å². The number of amides is 1. The number of halogens is 1. The van der Waals surface area contributed by atoms with E-state index in [1.165, 1.54) is 11.3 Å². The molecule has 0 aliphatic heterocycles. The second kappa shape index (κ2) is 10.2. The van der Waals surface area contributed by atoms with Gasteiger partial charge < -0.3 is 14.4 Å². The number of anilines is 1. The van der Waals surface area contributed by atoms with Crippen LogP contribution in [-0.2, 0) is 0 Å². The quantitative estimate of drug-likeness (QED) is 0.375. The third kappa shape index (κ3) is 4.65. The first-order chi connectivity index (χ1) is 15.0. The zero-order valence-electron chi connectivity index (χ0n) is 18.5. The van der Waals surface area contributed by atoms with Crippen LogP contribution in [0.3, 0.4) is 0 Å². The van der Waals surface area contributed by atoms with Gasteiger partial charge in [-0.3, -0.25) is 9.69 Å². The third-order valence-corrected chi connectivity index (χ3v) is 6.19. The van der Waals surface area contributed by atoms with E-state index < -0.39 is 0 Å². The number of likely N-dealkylation sites (N-methyl/N-ethyl adjacent to an activating group) is 1. The normalized spacial score (nSPS) is 10.9. The van der Waals surface area contributed by atoms with E-state index in [1.807, 2.05) is 68.7 Å². The Bertz CT molecular complexity index is 1200. The lowest BCUT2D eigenvalue weighted by Gasteiger charge is -2.22. The molecule has 0 fully saturated rings. The molecular weight excluding hydrogens is 446 g/mol. The first-order valence-electron chi connectivity index (χ1n) is 9.98. The Labute approximate surface area is 197 Å². The largest absolute Gasteiger partial charge is 0.493 e. The minimum Gasteiger partial charge on any atom is -0.493 e. The number of methoxy groups -OCH3 is 2. The maximum Gasteiger partial charge on any atom is 0.260 e. The van der Waals surface area contributed by atoms with Crippen molar-refractivity contribution >= 4 is 55.8 Å². The Balaban J connectivity index is 0.00000289. The van der Waals surface area contributed by atoms with Crippen LogP contribution in [0.25, 0.3) is 21.0 Å². The zero-order valence-corrected chi connectivity index (χ0v) is 20.1. The molecule has 0 saturated carbocycles. The monoisotopic (exact) mass is 471 g/mol. The van der Waals surface area contributed by atoms with Crippen LogP contribution >= 0.6 is 23.7 Å². The maximum absolute atomic E-state index is 13.7. The highest BCUT2D eigenvalue weighted by atomic mass is 35.5. The van der Waals surface area contributed by atoms with Gasteiger partial charge in [-0.15, -0.1) is 12.4 Å². The lowest BCUT2D eigenvalue weighted by atomic mass is 10.0. The van der Waals surface area contributed by atoms with Gasteiger partial charge in [0.2, 0.25) is 0 Å². The predicted octanol–water partition coefficient (Wildman–Crippen LogP) is 5.10. The predicted molar refractivity (Wildman–Crippen MR) is 134 cm³/mol. The summed E-state index contributed by atoms with van der Waals surface area (Å²) in [7, 11) is 7.20. The second-order valence-corrected chi connectivity index (χ2v) is 8.47. The summed E-state index contributed by atoms with van der Waals surface area (Å²) in [6, 6.07) is 17.5. The number of aromatic nitrogens is 1. The lowest BCUT2D eigenvalue weighted by Crippen LogP contribution is -2.36. The van der Waals surface area contributed by atoms with E-state index in [2.05, 4.69) is 4.90 Å². The van der Waals surface area contributed by atoms with E-state index in [-0.39, 0.29) is 18.3 Å². The summed E-state index contributed by atoms with van der Waals surface area (Å²) in [6.45, 7) is 1.25. The third-order valence-electron chi connectivity index (χ3n) is 5.15. The van der Waals surface area contributed by atoms with Crippen LogP contribution in [0.4, 0.5) is 5.13 Å². The minimum atomic E-state index is -0.0587. The van der Waals surface area contributed by atoms with E-state index in [1.54, 1.807) is 19.1 Å². The summed E-state index contributed by atoms with van der Waals surface area (Å²) in [5.41, 5.74) is 1.45. The van der Waals surface area contributed by atoms with E-state index >= 15 is 0 Å². The topological polar surface area (TPSA) is 54.9 Å². The van der Waals surface area contributed by atoms with Gasteiger partial charge in [0.1, 0.15) is 0 Å². The molecule has 0 spiro atoms. The molecule has 0 radical (unpaired) electrons. The smallest absolute Gasteiger partial charge is 0.260 e. The number of benzene rings is 3. The Hall–Kier alpha value is -2.87. The zero-order chi connectivity index (χ0) is 22.0. The summed E-state index contributed by atoms with van der Waals surface area (Å²) in [5, 5.41) is 2.64.